The first-order valence-electron chi connectivity index (χ1n) is 9.11. The molecule has 1 N–H and O–H groups in total. The molecule has 0 aromatic rings. The maximum atomic E-state index is 6.22. The lowest BCUT2D eigenvalue weighted by molar-refractivity contribution is -0.112. The van der Waals surface area contributed by atoms with Gasteiger partial charge >= 0.3 is 0 Å². The summed E-state index contributed by atoms with van der Waals surface area (Å²) in [4.78, 5) is 0. The van der Waals surface area contributed by atoms with E-state index in [0.29, 0.717) is 24.0 Å². The Labute approximate surface area is 131 Å². The lowest BCUT2D eigenvalue weighted by Gasteiger charge is -2.44. The average molecular weight is 297 g/mol. The van der Waals surface area contributed by atoms with Gasteiger partial charge in [-0.05, 0) is 51.0 Å². The smallest absolute Gasteiger partial charge is 0.0753 e. The number of ether oxygens (including phenoxy) is 2. The van der Waals surface area contributed by atoms with E-state index in [2.05, 4.69) is 33.0 Å². The Morgan fingerprint density at radius 2 is 1.95 bits per heavy atom. The van der Waals surface area contributed by atoms with E-state index in [1.54, 1.807) is 0 Å². The zero-order valence-corrected chi connectivity index (χ0v) is 14.5. The Morgan fingerprint density at radius 1 is 1.24 bits per heavy atom. The quantitative estimate of drug-likeness (QED) is 0.776. The van der Waals surface area contributed by atoms with Crippen molar-refractivity contribution in [2.45, 2.75) is 84.0 Å². The predicted octanol–water partition coefficient (Wildman–Crippen LogP) is 3.77. The first-order valence-corrected chi connectivity index (χ1v) is 9.11. The molecular formula is C18H35NO2. The van der Waals surface area contributed by atoms with Crippen molar-refractivity contribution in [3.05, 3.63) is 0 Å². The van der Waals surface area contributed by atoms with Crippen molar-refractivity contribution in [1.82, 2.24) is 5.32 Å². The van der Waals surface area contributed by atoms with Gasteiger partial charge in [0.15, 0.2) is 0 Å². The van der Waals surface area contributed by atoms with Crippen LogP contribution in [0.5, 0.6) is 0 Å². The summed E-state index contributed by atoms with van der Waals surface area (Å²) in [5.41, 5.74) is 0.199. The van der Waals surface area contributed by atoms with Gasteiger partial charge in [0.2, 0.25) is 0 Å². The molecule has 1 spiro atoms. The number of hydrogen-bond acceptors (Lipinski definition) is 3. The van der Waals surface area contributed by atoms with Crippen LogP contribution in [-0.2, 0) is 9.47 Å². The Balaban J connectivity index is 2.08. The third kappa shape index (κ3) is 4.20. The molecule has 2 fully saturated rings. The van der Waals surface area contributed by atoms with Crippen molar-refractivity contribution < 1.29 is 9.47 Å². The van der Waals surface area contributed by atoms with Gasteiger partial charge < -0.3 is 14.8 Å². The van der Waals surface area contributed by atoms with Gasteiger partial charge in [0, 0.05) is 19.3 Å². The fourth-order valence-corrected chi connectivity index (χ4v) is 4.43. The fraction of sp³-hybridized carbons (Fsp3) is 1.00. The highest BCUT2D eigenvalue weighted by Crippen LogP contribution is 2.43. The second-order valence-electron chi connectivity index (χ2n) is 7.24. The van der Waals surface area contributed by atoms with Gasteiger partial charge in [0.25, 0.3) is 0 Å². The molecule has 1 aliphatic carbocycles. The van der Waals surface area contributed by atoms with Crippen LogP contribution in [0.2, 0.25) is 0 Å². The highest BCUT2D eigenvalue weighted by Gasteiger charge is 2.43. The number of rotatable bonds is 7. The first-order chi connectivity index (χ1) is 10.1. The summed E-state index contributed by atoms with van der Waals surface area (Å²) in [6.07, 6.45) is 7.94. The van der Waals surface area contributed by atoms with Crippen LogP contribution in [-0.4, -0.2) is 37.5 Å². The van der Waals surface area contributed by atoms with Crippen molar-refractivity contribution >= 4 is 0 Å². The van der Waals surface area contributed by atoms with Crippen LogP contribution in [0, 0.1) is 11.8 Å². The van der Waals surface area contributed by atoms with Gasteiger partial charge in [-0.3, -0.25) is 0 Å². The van der Waals surface area contributed by atoms with E-state index in [1.807, 2.05) is 0 Å². The molecule has 1 saturated heterocycles. The third-order valence-corrected chi connectivity index (χ3v) is 5.36. The minimum Gasteiger partial charge on any atom is -0.377 e. The van der Waals surface area contributed by atoms with Gasteiger partial charge in [-0.1, -0.05) is 33.6 Å². The minimum absolute atomic E-state index is 0.199. The Kier molecular flexibility index (Phi) is 6.51. The molecule has 3 heteroatoms. The van der Waals surface area contributed by atoms with Crippen molar-refractivity contribution in [2.24, 2.45) is 11.8 Å². The van der Waals surface area contributed by atoms with Crippen molar-refractivity contribution in [3.63, 3.8) is 0 Å². The van der Waals surface area contributed by atoms with Crippen LogP contribution in [0.3, 0.4) is 0 Å². The molecule has 2 aliphatic rings. The van der Waals surface area contributed by atoms with Crippen LogP contribution in [0.1, 0.15) is 66.2 Å². The molecule has 0 aromatic carbocycles. The van der Waals surface area contributed by atoms with Crippen LogP contribution in [0.4, 0.5) is 0 Å². The molecule has 1 saturated carbocycles. The second kappa shape index (κ2) is 7.94. The Bertz CT molecular complexity index is 300. The molecule has 3 unspecified atom stereocenters. The summed E-state index contributed by atoms with van der Waals surface area (Å²) in [6.45, 7) is 11.7. The van der Waals surface area contributed by atoms with E-state index >= 15 is 0 Å². The number of nitrogens with one attached hydrogen (secondary N) is 1. The van der Waals surface area contributed by atoms with E-state index in [-0.39, 0.29) is 5.60 Å². The Morgan fingerprint density at radius 3 is 2.52 bits per heavy atom. The summed E-state index contributed by atoms with van der Waals surface area (Å²) in [5.74, 6) is 1.24. The molecule has 0 radical (unpaired) electrons. The number of hydrogen-bond donors (Lipinski definition) is 1. The maximum absolute atomic E-state index is 6.22. The lowest BCUT2D eigenvalue weighted by Crippen LogP contribution is -2.53. The SMILES string of the molecule is CCNC(C1CCOC2(CCCC2)C1)C(OCC)C(C)C. The van der Waals surface area contributed by atoms with Crippen molar-refractivity contribution in [1.29, 1.82) is 0 Å². The fourth-order valence-electron chi connectivity index (χ4n) is 4.43. The van der Waals surface area contributed by atoms with Gasteiger partial charge in [-0.15, -0.1) is 0 Å². The zero-order valence-electron chi connectivity index (χ0n) is 14.5. The lowest BCUT2D eigenvalue weighted by atomic mass is 9.77. The normalized spacial score (nSPS) is 28.1. The molecule has 3 nitrogen and oxygen atoms in total. The molecule has 3 atom stereocenters. The van der Waals surface area contributed by atoms with Crippen molar-refractivity contribution in [2.75, 3.05) is 19.8 Å². The molecule has 0 amide bonds. The van der Waals surface area contributed by atoms with Gasteiger partial charge in [0.05, 0.1) is 11.7 Å². The van der Waals surface area contributed by atoms with E-state index in [0.717, 1.165) is 19.8 Å². The highest BCUT2D eigenvalue weighted by atomic mass is 16.5. The molecule has 2 rings (SSSR count). The van der Waals surface area contributed by atoms with Gasteiger partial charge in [-0.2, -0.15) is 0 Å². The summed E-state index contributed by atoms with van der Waals surface area (Å²) >= 11 is 0. The summed E-state index contributed by atoms with van der Waals surface area (Å²) in [6, 6.07) is 0.469. The van der Waals surface area contributed by atoms with Gasteiger partial charge in [-0.25, -0.2) is 0 Å². The molecule has 0 aromatic heterocycles. The summed E-state index contributed by atoms with van der Waals surface area (Å²) in [5, 5.41) is 3.74. The molecule has 1 aliphatic heterocycles. The zero-order chi connectivity index (χ0) is 15.3. The second-order valence-corrected chi connectivity index (χ2v) is 7.24. The summed E-state index contributed by atoms with van der Waals surface area (Å²) in [7, 11) is 0. The van der Waals surface area contributed by atoms with Crippen LogP contribution >= 0.6 is 0 Å². The van der Waals surface area contributed by atoms with Crippen molar-refractivity contribution in [3.8, 4) is 0 Å². The van der Waals surface area contributed by atoms with Crippen LogP contribution in [0.15, 0.2) is 0 Å². The van der Waals surface area contributed by atoms with E-state index in [9.17, 15) is 0 Å². The molecule has 21 heavy (non-hydrogen) atoms. The number of likely N-dealkylation sites (N-methyl/N-ethyl adjacent to an activating group) is 1. The standard InChI is InChI=1S/C18H35NO2/c1-5-19-16(17(14(3)4)20-6-2)15-9-12-21-18(13-15)10-7-8-11-18/h14-17,19H,5-13H2,1-4H3. The molecule has 0 bridgehead atoms. The largest absolute Gasteiger partial charge is 0.377 e. The van der Waals surface area contributed by atoms with E-state index in [1.165, 1.54) is 38.5 Å². The predicted molar refractivity (Wildman–Crippen MR) is 87.6 cm³/mol. The van der Waals surface area contributed by atoms with E-state index < -0.39 is 0 Å². The third-order valence-electron chi connectivity index (χ3n) is 5.36. The minimum atomic E-state index is 0.199. The topological polar surface area (TPSA) is 30.5 Å². The van der Waals surface area contributed by atoms with Crippen LogP contribution in [0.25, 0.3) is 0 Å². The van der Waals surface area contributed by atoms with Gasteiger partial charge in [0.1, 0.15) is 0 Å². The summed E-state index contributed by atoms with van der Waals surface area (Å²) < 4.78 is 12.3. The first kappa shape index (κ1) is 17.2. The Hall–Kier alpha value is -0.120. The molecule has 1 heterocycles. The van der Waals surface area contributed by atoms with Crippen LogP contribution < -0.4 is 5.32 Å². The van der Waals surface area contributed by atoms with E-state index in [4.69, 9.17) is 9.47 Å². The monoisotopic (exact) mass is 297 g/mol. The molecular weight excluding hydrogens is 262 g/mol. The average Bonchev–Trinajstić information content (AvgIpc) is 2.90. The maximum Gasteiger partial charge on any atom is 0.0753 e. The molecule has 124 valence electrons. The highest BCUT2D eigenvalue weighted by molar-refractivity contribution is 4.96.